The number of hydrogen-bond acceptors (Lipinski definition) is 4. The number of pyridine rings is 2. The van der Waals surface area contributed by atoms with Gasteiger partial charge in [-0.05, 0) is 60.4 Å². The first-order valence-corrected chi connectivity index (χ1v) is 12.8. The molecule has 1 aliphatic heterocycles. The average molecular weight is 507 g/mol. The number of aromatic nitrogens is 2. The van der Waals surface area contributed by atoms with Gasteiger partial charge in [0.25, 0.3) is 0 Å². The van der Waals surface area contributed by atoms with Crippen LogP contribution in [0.25, 0.3) is 11.0 Å². The average Bonchev–Trinajstić information content (AvgIpc) is 2.90. The van der Waals surface area contributed by atoms with Crippen LogP contribution in [-0.2, 0) is 0 Å². The van der Waals surface area contributed by atoms with Crippen LogP contribution in [0.15, 0.2) is 72.9 Å². The van der Waals surface area contributed by atoms with Gasteiger partial charge in [-0.25, -0.2) is 13.8 Å². The van der Waals surface area contributed by atoms with E-state index in [0.29, 0.717) is 5.15 Å². The van der Waals surface area contributed by atoms with Gasteiger partial charge in [-0.3, -0.25) is 9.88 Å². The Morgan fingerprint density at radius 2 is 1.50 bits per heavy atom. The van der Waals surface area contributed by atoms with Gasteiger partial charge >= 0.3 is 0 Å². The minimum atomic E-state index is -0.270. The lowest BCUT2D eigenvalue weighted by atomic mass is 9.91. The Morgan fingerprint density at radius 3 is 2.08 bits per heavy atom. The van der Waals surface area contributed by atoms with E-state index in [1.54, 1.807) is 6.20 Å². The molecule has 2 aromatic carbocycles. The normalized spacial score (nSPS) is 18.8. The molecule has 2 aromatic heterocycles. The molecule has 36 heavy (non-hydrogen) atoms. The maximum Gasteiger partial charge on any atom is 0.131 e. The van der Waals surface area contributed by atoms with Crippen molar-refractivity contribution in [1.82, 2.24) is 14.9 Å². The highest BCUT2D eigenvalue weighted by atomic mass is 35.5. The molecule has 0 saturated carbocycles. The van der Waals surface area contributed by atoms with Crippen LogP contribution < -0.4 is 4.90 Å². The summed E-state index contributed by atoms with van der Waals surface area (Å²) in [6.45, 7) is 5.93. The fourth-order valence-electron chi connectivity index (χ4n) is 5.39. The van der Waals surface area contributed by atoms with Crippen molar-refractivity contribution in [2.45, 2.75) is 44.8 Å². The number of anilines is 1. The molecule has 7 heteroatoms. The third kappa shape index (κ3) is 4.80. The molecule has 0 unspecified atom stereocenters. The molecule has 1 aliphatic rings. The third-order valence-electron chi connectivity index (χ3n) is 7.21. The largest absolute Gasteiger partial charge is 0.364 e. The number of halogens is 3. The van der Waals surface area contributed by atoms with Gasteiger partial charge in [-0.15, -0.1) is 0 Å². The molecule has 1 fully saturated rings. The maximum atomic E-state index is 13.8. The van der Waals surface area contributed by atoms with E-state index in [0.717, 1.165) is 53.8 Å². The lowest BCUT2D eigenvalue weighted by molar-refractivity contribution is 0.111. The van der Waals surface area contributed by atoms with Crippen molar-refractivity contribution in [1.29, 1.82) is 0 Å². The highest BCUT2D eigenvalue weighted by Crippen LogP contribution is 2.38. The smallest absolute Gasteiger partial charge is 0.131 e. The molecule has 2 atom stereocenters. The quantitative estimate of drug-likeness (QED) is 0.263. The van der Waals surface area contributed by atoms with Crippen LogP contribution in [0, 0.1) is 11.6 Å². The molecule has 3 heterocycles. The Bertz CT molecular complexity index is 1280. The van der Waals surface area contributed by atoms with Crippen molar-refractivity contribution in [2.75, 3.05) is 18.0 Å². The molecular weight excluding hydrogens is 478 g/mol. The highest BCUT2D eigenvalue weighted by Gasteiger charge is 2.38. The van der Waals surface area contributed by atoms with Crippen LogP contribution >= 0.6 is 11.6 Å². The Labute approximate surface area is 215 Å². The van der Waals surface area contributed by atoms with Crippen molar-refractivity contribution in [3.05, 3.63) is 101 Å². The molecule has 5 rings (SSSR count). The summed E-state index contributed by atoms with van der Waals surface area (Å²) < 4.78 is 27.6. The van der Waals surface area contributed by atoms with Crippen LogP contribution in [0.1, 0.15) is 43.9 Å². The van der Waals surface area contributed by atoms with Crippen molar-refractivity contribution < 1.29 is 8.78 Å². The van der Waals surface area contributed by atoms with Gasteiger partial charge in [0, 0.05) is 37.4 Å². The summed E-state index contributed by atoms with van der Waals surface area (Å²) in [5.41, 5.74) is 4.60. The number of piperazine rings is 1. The van der Waals surface area contributed by atoms with Gasteiger partial charge in [0.1, 0.15) is 22.3 Å². The molecule has 4 nitrogen and oxygen atoms in total. The van der Waals surface area contributed by atoms with Gasteiger partial charge in [0.15, 0.2) is 0 Å². The van der Waals surface area contributed by atoms with Gasteiger partial charge < -0.3 is 4.90 Å². The summed E-state index contributed by atoms with van der Waals surface area (Å²) in [5, 5.41) is 0.450. The summed E-state index contributed by atoms with van der Waals surface area (Å²) in [7, 11) is 0. The molecule has 0 amide bonds. The van der Waals surface area contributed by atoms with E-state index in [2.05, 4.69) is 33.6 Å². The molecule has 1 saturated heterocycles. The monoisotopic (exact) mass is 506 g/mol. The van der Waals surface area contributed by atoms with Gasteiger partial charge in [-0.1, -0.05) is 49.7 Å². The van der Waals surface area contributed by atoms with Crippen LogP contribution in [0.2, 0.25) is 5.15 Å². The number of benzene rings is 2. The molecule has 0 aliphatic carbocycles. The van der Waals surface area contributed by atoms with E-state index >= 15 is 0 Å². The number of nitrogens with zero attached hydrogens (tertiary/aromatic N) is 4. The van der Waals surface area contributed by atoms with E-state index < -0.39 is 0 Å². The predicted molar refractivity (Wildman–Crippen MR) is 141 cm³/mol. The van der Waals surface area contributed by atoms with Crippen molar-refractivity contribution in [3.8, 4) is 0 Å². The zero-order valence-electron chi connectivity index (χ0n) is 20.4. The second kappa shape index (κ2) is 10.5. The van der Waals surface area contributed by atoms with Crippen molar-refractivity contribution in [3.63, 3.8) is 0 Å². The standard InChI is InChI=1S/C29H29ClF2N4/c1-3-23-18-36(29(19-7-11-21(31)12-8-19)20-9-13-22(32)14-10-20)24(4-2)17-35(23)26-16-27(30)34-25-6-5-15-33-28(25)26/h5-16,23-24,29H,3-4,17-18H2,1-2H3/t23-,24+/m0/s1. The number of fused-ring (bicyclic) bond motifs is 1. The fraction of sp³-hybridized carbons (Fsp3) is 0.310. The minimum absolute atomic E-state index is 0.122. The SMILES string of the molecule is CC[C@H]1CN(C(c2ccc(F)cc2)c2ccc(F)cc2)[C@H](CC)CN1c1cc(Cl)nc2cccnc12. The van der Waals surface area contributed by atoms with Crippen LogP contribution in [0.3, 0.4) is 0 Å². The summed E-state index contributed by atoms with van der Waals surface area (Å²) in [4.78, 5) is 14.0. The molecule has 186 valence electrons. The van der Waals surface area contributed by atoms with E-state index in [4.69, 9.17) is 11.6 Å². The molecule has 0 N–H and O–H groups in total. The first-order valence-electron chi connectivity index (χ1n) is 12.4. The summed E-state index contributed by atoms with van der Waals surface area (Å²) in [6.07, 6.45) is 3.62. The first-order chi connectivity index (χ1) is 17.5. The predicted octanol–water partition coefficient (Wildman–Crippen LogP) is 7.03. The second-order valence-corrected chi connectivity index (χ2v) is 9.70. The molecule has 0 spiro atoms. The van der Waals surface area contributed by atoms with Gasteiger partial charge in [0.05, 0.1) is 17.2 Å². The Hall–Kier alpha value is -3.09. The van der Waals surface area contributed by atoms with E-state index in [1.165, 1.54) is 24.3 Å². The van der Waals surface area contributed by atoms with Gasteiger partial charge in [0.2, 0.25) is 0 Å². The minimum Gasteiger partial charge on any atom is -0.364 e. The molecule has 4 aromatic rings. The zero-order chi connectivity index (χ0) is 25.2. The maximum absolute atomic E-state index is 13.8. The Kier molecular flexibility index (Phi) is 7.17. The number of rotatable bonds is 6. The third-order valence-corrected chi connectivity index (χ3v) is 7.40. The van der Waals surface area contributed by atoms with Gasteiger partial charge in [-0.2, -0.15) is 0 Å². The summed E-state index contributed by atoms with van der Waals surface area (Å²) in [5.74, 6) is -0.539. The molecular formula is C29H29ClF2N4. The molecule has 0 bridgehead atoms. The lowest BCUT2D eigenvalue weighted by Gasteiger charge is -2.50. The topological polar surface area (TPSA) is 32.3 Å². The van der Waals surface area contributed by atoms with Crippen LogP contribution in [-0.4, -0.2) is 40.0 Å². The van der Waals surface area contributed by atoms with Crippen LogP contribution in [0.4, 0.5) is 14.5 Å². The lowest BCUT2D eigenvalue weighted by Crippen LogP contribution is -2.59. The summed E-state index contributed by atoms with van der Waals surface area (Å²) in [6, 6.07) is 19.3. The van der Waals surface area contributed by atoms with Crippen molar-refractivity contribution in [2.24, 2.45) is 0 Å². The van der Waals surface area contributed by atoms with Crippen LogP contribution in [0.5, 0.6) is 0 Å². The fourth-order valence-corrected chi connectivity index (χ4v) is 5.59. The van der Waals surface area contributed by atoms with E-state index in [1.807, 2.05) is 42.5 Å². The number of hydrogen-bond donors (Lipinski definition) is 0. The van der Waals surface area contributed by atoms with Crippen molar-refractivity contribution >= 4 is 28.3 Å². The Morgan fingerprint density at radius 1 is 0.889 bits per heavy atom. The first kappa shape index (κ1) is 24.6. The summed E-state index contributed by atoms with van der Waals surface area (Å²) >= 11 is 6.43. The zero-order valence-corrected chi connectivity index (χ0v) is 21.2. The van der Waals surface area contributed by atoms with E-state index in [9.17, 15) is 8.78 Å². The second-order valence-electron chi connectivity index (χ2n) is 9.31. The highest BCUT2D eigenvalue weighted by molar-refractivity contribution is 6.30. The Balaban J connectivity index is 1.57. The molecule has 0 radical (unpaired) electrons. The van der Waals surface area contributed by atoms with E-state index in [-0.39, 0.29) is 29.8 Å².